The van der Waals surface area contributed by atoms with E-state index in [1.807, 2.05) is 56.4 Å². The highest BCUT2D eigenvalue weighted by molar-refractivity contribution is 6.08. The number of hydrogen-bond acceptors (Lipinski definition) is 8. The molecule has 1 aliphatic carbocycles. The molecule has 1 N–H and O–H groups in total. The lowest BCUT2D eigenvalue weighted by Gasteiger charge is -2.29. The fourth-order valence-corrected chi connectivity index (χ4v) is 6.51. The van der Waals surface area contributed by atoms with Crippen LogP contribution in [-0.4, -0.2) is 82.0 Å². The highest BCUT2D eigenvalue weighted by Crippen LogP contribution is 2.55. The van der Waals surface area contributed by atoms with Gasteiger partial charge in [0.2, 0.25) is 5.91 Å². The number of anilines is 2. The molecule has 0 unspecified atom stereocenters. The number of rotatable bonds is 7. The number of hydrogen-bond donors (Lipinski definition) is 1. The third-order valence-electron chi connectivity index (χ3n) is 9.09. The van der Waals surface area contributed by atoms with Gasteiger partial charge in [-0.15, -0.1) is 5.10 Å². The van der Waals surface area contributed by atoms with E-state index in [-0.39, 0.29) is 29.1 Å². The van der Waals surface area contributed by atoms with Crippen molar-refractivity contribution in [3.63, 3.8) is 0 Å². The van der Waals surface area contributed by atoms with Gasteiger partial charge < -0.3 is 19.9 Å². The van der Waals surface area contributed by atoms with E-state index in [1.165, 1.54) is 9.08 Å². The van der Waals surface area contributed by atoms with E-state index in [0.29, 0.717) is 55.0 Å². The first kappa shape index (κ1) is 30.8. The summed E-state index contributed by atoms with van der Waals surface area (Å²) < 4.78 is 10.2. The fourth-order valence-electron chi connectivity index (χ4n) is 6.51. The van der Waals surface area contributed by atoms with Crippen molar-refractivity contribution in [2.45, 2.75) is 44.2 Å². The van der Waals surface area contributed by atoms with E-state index in [0.717, 1.165) is 48.4 Å². The number of aryl methyl sites for hydroxylation is 3. The average molecular weight is 637 g/mol. The minimum absolute atomic E-state index is 0.0931. The maximum atomic E-state index is 13.9. The van der Waals surface area contributed by atoms with Gasteiger partial charge >= 0.3 is 5.69 Å². The number of benzene rings is 2. The summed E-state index contributed by atoms with van der Waals surface area (Å²) >= 11 is 0. The largest absolute Gasteiger partial charge is 0.378 e. The number of nitrogens with one attached hydrogen (secondary N) is 1. The van der Waals surface area contributed by atoms with Crippen molar-refractivity contribution >= 4 is 33.8 Å². The van der Waals surface area contributed by atoms with Crippen molar-refractivity contribution in [3.05, 3.63) is 98.6 Å². The standard InChI is InChI=1S/C32H31N7O4.C3H9N/c40-29-23-6-5-22(36-15-17-43-18-16-36)20-25(23)33-27(9-14-39-31(42)38-12-2-1-3-28(38)35-39)37(29)13-8-21-4-7-24-26(19-21)34-30(41)32(24)10-11-32;1-4(2)3/h1-7,12,19-20H,8-11,13-18H2,(H,34,41);1-3H3. The third-order valence-corrected chi connectivity index (χ3v) is 9.09. The molecule has 244 valence electrons. The summed E-state index contributed by atoms with van der Waals surface area (Å²) in [7, 11) is 6.00. The van der Waals surface area contributed by atoms with E-state index in [2.05, 4.69) is 27.4 Å². The molecular weight excluding hydrogens is 596 g/mol. The average Bonchev–Trinajstić information content (AvgIpc) is 3.75. The second-order valence-corrected chi connectivity index (χ2v) is 13.0. The molecule has 12 heteroatoms. The van der Waals surface area contributed by atoms with Gasteiger partial charge in [0.1, 0.15) is 5.82 Å². The Morgan fingerprint density at radius 1 is 0.936 bits per heavy atom. The Balaban J connectivity index is 0.000000833. The molecule has 8 rings (SSSR count). The monoisotopic (exact) mass is 636 g/mol. The van der Waals surface area contributed by atoms with E-state index in [1.54, 1.807) is 22.9 Å². The smallest absolute Gasteiger partial charge is 0.350 e. The Morgan fingerprint density at radius 2 is 1.72 bits per heavy atom. The zero-order valence-electron chi connectivity index (χ0n) is 27.1. The number of ether oxygens (including phenoxy) is 1. The molecule has 3 aromatic heterocycles. The number of carbonyl (C=O) groups excluding carboxylic acids is 1. The van der Waals surface area contributed by atoms with E-state index in [9.17, 15) is 14.4 Å². The van der Waals surface area contributed by atoms with Crippen molar-refractivity contribution in [1.29, 1.82) is 0 Å². The van der Waals surface area contributed by atoms with Crippen LogP contribution in [0.15, 0.2) is 70.4 Å². The summed E-state index contributed by atoms with van der Waals surface area (Å²) in [5.74, 6) is 0.697. The second-order valence-electron chi connectivity index (χ2n) is 13.0. The van der Waals surface area contributed by atoms with Crippen LogP contribution < -0.4 is 21.5 Å². The van der Waals surface area contributed by atoms with Crippen molar-refractivity contribution in [2.75, 3.05) is 57.7 Å². The van der Waals surface area contributed by atoms with Gasteiger partial charge in [0, 0.05) is 43.6 Å². The molecule has 2 aliphatic heterocycles. The molecule has 0 radical (unpaired) electrons. The normalized spacial score (nSPS) is 16.4. The number of aromatic nitrogens is 5. The zero-order chi connectivity index (χ0) is 32.7. The highest BCUT2D eigenvalue weighted by atomic mass is 16.5. The van der Waals surface area contributed by atoms with Crippen LogP contribution in [0.3, 0.4) is 0 Å². The third kappa shape index (κ3) is 5.94. The Kier molecular flexibility index (Phi) is 8.15. The predicted molar refractivity (Wildman–Crippen MR) is 181 cm³/mol. The number of fused-ring (bicyclic) bond motifs is 4. The van der Waals surface area contributed by atoms with Crippen LogP contribution in [0.4, 0.5) is 11.4 Å². The Morgan fingerprint density at radius 3 is 2.47 bits per heavy atom. The molecule has 0 bridgehead atoms. The molecule has 1 saturated heterocycles. The number of amides is 1. The van der Waals surface area contributed by atoms with Crippen molar-refractivity contribution in [2.24, 2.45) is 0 Å². The first-order valence-corrected chi connectivity index (χ1v) is 16.2. The van der Waals surface area contributed by atoms with Gasteiger partial charge in [-0.25, -0.2) is 14.5 Å². The second kappa shape index (κ2) is 12.4. The SMILES string of the molecule is CN(C)C.O=C1Nc2cc(CCn3c(CCn4nc5ccccn5c4=O)nc4cc(N5CCOCC5)ccc4c3=O)ccc2C12CC2. The molecule has 47 heavy (non-hydrogen) atoms. The summed E-state index contributed by atoms with van der Waals surface area (Å²) in [6, 6.07) is 17.4. The Labute approximate surface area is 272 Å². The first-order chi connectivity index (χ1) is 22.7. The number of nitrogens with zero attached hydrogens (tertiary/aromatic N) is 7. The fraction of sp³-hybridized carbons (Fsp3) is 0.400. The number of carbonyl (C=O) groups is 1. The highest BCUT2D eigenvalue weighted by Gasteiger charge is 2.56. The van der Waals surface area contributed by atoms with Crippen LogP contribution in [-0.2, 0) is 40.9 Å². The molecule has 3 aliphatic rings. The van der Waals surface area contributed by atoms with Crippen LogP contribution in [0.5, 0.6) is 0 Å². The van der Waals surface area contributed by atoms with Crippen LogP contribution in [0.1, 0.15) is 29.8 Å². The van der Waals surface area contributed by atoms with Gasteiger partial charge in [-0.3, -0.25) is 18.6 Å². The summed E-state index contributed by atoms with van der Waals surface area (Å²) in [5.41, 5.74) is 4.56. The molecule has 2 fully saturated rings. The van der Waals surface area contributed by atoms with Gasteiger partial charge in [0.25, 0.3) is 5.56 Å². The molecule has 1 saturated carbocycles. The lowest BCUT2D eigenvalue weighted by Crippen LogP contribution is -2.36. The number of morpholine rings is 1. The summed E-state index contributed by atoms with van der Waals surface area (Å²) in [5, 5.41) is 8.07. The van der Waals surface area contributed by atoms with Gasteiger partial charge in [-0.1, -0.05) is 18.2 Å². The predicted octanol–water partition coefficient (Wildman–Crippen LogP) is 2.69. The molecule has 0 atom stereocenters. The van der Waals surface area contributed by atoms with Crippen LogP contribution in [0.2, 0.25) is 0 Å². The Bertz CT molecular complexity index is 2080. The van der Waals surface area contributed by atoms with Crippen molar-refractivity contribution in [1.82, 2.24) is 28.6 Å². The summed E-state index contributed by atoms with van der Waals surface area (Å²) in [4.78, 5) is 48.6. The lowest BCUT2D eigenvalue weighted by atomic mass is 9.96. The summed E-state index contributed by atoms with van der Waals surface area (Å²) in [6.07, 6.45) is 4.45. The summed E-state index contributed by atoms with van der Waals surface area (Å²) in [6.45, 7) is 3.61. The van der Waals surface area contributed by atoms with E-state index in [4.69, 9.17) is 9.72 Å². The maximum Gasteiger partial charge on any atom is 0.350 e. The van der Waals surface area contributed by atoms with Crippen LogP contribution in [0, 0.1) is 0 Å². The minimum Gasteiger partial charge on any atom is -0.378 e. The van der Waals surface area contributed by atoms with Gasteiger partial charge in [-0.05, 0) is 87.9 Å². The molecular formula is C35H40N8O4. The van der Waals surface area contributed by atoms with Crippen LogP contribution >= 0.6 is 0 Å². The maximum absolute atomic E-state index is 13.9. The van der Waals surface area contributed by atoms with Gasteiger partial charge in [0.15, 0.2) is 5.65 Å². The number of pyridine rings is 1. The Hall–Kier alpha value is -4.81. The van der Waals surface area contributed by atoms with Gasteiger partial charge in [0.05, 0.1) is 36.1 Å². The van der Waals surface area contributed by atoms with Crippen molar-refractivity contribution < 1.29 is 9.53 Å². The molecule has 12 nitrogen and oxygen atoms in total. The molecule has 5 heterocycles. The quantitative estimate of drug-likeness (QED) is 0.290. The molecule has 1 spiro atoms. The molecule has 5 aromatic rings. The minimum atomic E-state index is -0.323. The lowest BCUT2D eigenvalue weighted by molar-refractivity contribution is -0.117. The van der Waals surface area contributed by atoms with Crippen molar-refractivity contribution in [3.8, 4) is 0 Å². The van der Waals surface area contributed by atoms with Gasteiger partial charge in [-0.2, -0.15) is 0 Å². The van der Waals surface area contributed by atoms with E-state index < -0.39 is 0 Å². The molecule has 2 aromatic carbocycles. The van der Waals surface area contributed by atoms with E-state index >= 15 is 0 Å². The van der Waals surface area contributed by atoms with Crippen LogP contribution in [0.25, 0.3) is 16.6 Å². The zero-order valence-corrected chi connectivity index (χ0v) is 27.1. The topological polar surface area (TPSA) is 119 Å². The first-order valence-electron chi connectivity index (χ1n) is 16.2. The molecule has 1 amide bonds.